The van der Waals surface area contributed by atoms with Gasteiger partial charge in [-0.15, -0.1) is 0 Å². The van der Waals surface area contributed by atoms with Crippen LogP contribution in [-0.2, 0) is 4.79 Å². The number of carbonyl (C=O) groups excluding carboxylic acids is 2. The highest BCUT2D eigenvalue weighted by molar-refractivity contribution is 5.99. The molecule has 0 unspecified atom stereocenters. The number of aromatic hydroxyl groups is 1. The monoisotopic (exact) mass is 247 g/mol. The summed E-state index contributed by atoms with van der Waals surface area (Å²) in [6.45, 7) is -0.747. The lowest BCUT2D eigenvalue weighted by Crippen LogP contribution is -2.39. The Balaban J connectivity index is 2.56. The molecule has 0 aromatic heterocycles. The highest BCUT2D eigenvalue weighted by Gasteiger charge is 2.38. The van der Waals surface area contributed by atoms with Crippen LogP contribution in [0.15, 0.2) is 24.3 Å². The molecule has 17 heavy (non-hydrogen) atoms. The van der Waals surface area contributed by atoms with E-state index in [0.29, 0.717) is 0 Å². The van der Waals surface area contributed by atoms with E-state index < -0.39 is 24.4 Å². The fourth-order valence-corrected chi connectivity index (χ4v) is 1.01. The Kier molecular flexibility index (Phi) is 3.72. The number of phenolic OH excluding ortho intramolecular Hbond substituents is 1. The van der Waals surface area contributed by atoms with Gasteiger partial charge in [-0.3, -0.25) is 9.59 Å². The van der Waals surface area contributed by atoms with E-state index in [0.717, 1.165) is 0 Å². The minimum Gasteiger partial charge on any atom is -0.508 e. The van der Waals surface area contributed by atoms with Gasteiger partial charge in [-0.2, -0.15) is 13.2 Å². The summed E-state index contributed by atoms with van der Waals surface area (Å²) in [4.78, 5) is 21.7. The summed E-state index contributed by atoms with van der Waals surface area (Å²) in [7, 11) is 0. The number of phenols is 1. The van der Waals surface area contributed by atoms with Gasteiger partial charge in [-0.25, -0.2) is 0 Å². The second kappa shape index (κ2) is 4.86. The van der Waals surface area contributed by atoms with E-state index in [1.165, 1.54) is 29.6 Å². The Morgan fingerprint density at radius 2 is 1.71 bits per heavy atom. The number of hydrogen-bond donors (Lipinski definition) is 2. The second-order valence-electron chi connectivity index (χ2n) is 3.15. The van der Waals surface area contributed by atoms with Crippen LogP contribution in [-0.4, -0.2) is 29.5 Å². The Morgan fingerprint density at radius 3 is 2.18 bits per heavy atom. The molecule has 1 aromatic rings. The standard InChI is InChI=1S/C10H8F3NO3/c11-10(12,13)9(17)14-5-8(16)6-1-3-7(15)4-2-6/h1-4,15H,5H2,(H,14,17). The summed E-state index contributed by atoms with van der Waals surface area (Å²) in [6.07, 6.45) is -5.00. The highest BCUT2D eigenvalue weighted by atomic mass is 19.4. The predicted molar refractivity (Wildman–Crippen MR) is 51.5 cm³/mol. The normalized spacial score (nSPS) is 11.0. The molecule has 0 aliphatic heterocycles. The topological polar surface area (TPSA) is 66.4 Å². The molecular weight excluding hydrogens is 239 g/mol. The number of alkyl halides is 3. The fourth-order valence-electron chi connectivity index (χ4n) is 1.01. The molecule has 0 bridgehead atoms. The zero-order valence-electron chi connectivity index (χ0n) is 8.41. The van der Waals surface area contributed by atoms with Gasteiger partial charge < -0.3 is 10.4 Å². The Labute approximate surface area is 94.1 Å². The van der Waals surface area contributed by atoms with Gasteiger partial charge in [0.2, 0.25) is 0 Å². The highest BCUT2D eigenvalue weighted by Crippen LogP contribution is 2.14. The molecule has 0 fully saturated rings. The van der Waals surface area contributed by atoms with Crippen molar-refractivity contribution >= 4 is 11.7 Å². The van der Waals surface area contributed by atoms with Crippen LogP contribution in [0.4, 0.5) is 13.2 Å². The largest absolute Gasteiger partial charge is 0.508 e. The van der Waals surface area contributed by atoms with Crippen LogP contribution in [0.25, 0.3) is 0 Å². The summed E-state index contributed by atoms with van der Waals surface area (Å²) in [5, 5.41) is 10.4. The Morgan fingerprint density at radius 1 is 1.18 bits per heavy atom. The molecule has 0 aliphatic carbocycles. The first kappa shape index (κ1) is 13.0. The molecule has 0 aliphatic rings. The van der Waals surface area contributed by atoms with Crippen molar-refractivity contribution in [3.05, 3.63) is 29.8 Å². The fraction of sp³-hybridized carbons (Fsp3) is 0.200. The lowest BCUT2D eigenvalue weighted by atomic mass is 10.1. The number of benzene rings is 1. The van der Waals surface area contributed by atoms with E-state index >= 15 is 0 Å². The molecule has 0 spiro atoms. The van der Waals surface area contributed by atoms with Crippen molar-refractivity contribution in [2.24, 2.45) is 0 Å². The lowest BCUT2D eigenvalue weighted by Gasteiger charge is -2.07. The van der Waals surface area contributed by atoms with Gasteiger partial charge in [0, 0.05) is 5.56 Å². The predicted octanol–water partition coefficient (Wildman–Crippen LogP) is 1.25. The molecular formula is C10H8F3NO3. The average molecular weight is 247 g/mol. The molecule has 0 radical (unpaired) electrons. The number of rotatable bonds is 3. The number of Topliss-reactive ketones (excluding diaryl/α,β-unsaturated/α-hetero) is 1. The van der Waals surface area contributed by atoms with Crippen molar-refractivity contribution in [3.8, 4) is 5.75 Å². The van der Waals surface area contributed by atoms with Gasteiger partial charge in [-0.1, -0.05) is 0 Å². The smallest absolute Gasteiger partial charge is 0.471 e. The summed E-state index contributed by atoms with van der Waals surface area (Å²) in [5.41, 5.74) is 0.102. The van der Waals surface area contributed by atoms with Crippen LogP contribution in [0.2, 0.25) is 0 Å². The third kappa shape index (κ3) is 3.78. The van der Waals surface area contributed by atoms with Crippen molar-refractivity contribution in [1.29, 1.82) is 0 Å². The summed E-state index contributed by atoms with van der Waals surface area (Å²) in [6, 6.07) is 4.94. The first-order valence-electron chi connectivity index (χ1n) is 4.48. The molecule has 7 heteroatoms. The van der Waals surface area contributed by atoms with Crippen molar-refractivity contribution in [1.82, 2.24) is 5.32 Å². The minimum absolute atomic E-state index is 0.0686. The van der Waals surface area contributed by atoms with Crippen LogP contribution >= 0.6 is 0 Å². The third-order valence-electron chi connectivity index (χ3n) is 1.86. The zero-order valence-corrected chi connectivity index (χ0v) is 8.41. The van der Waals surface area contributed by atoms with Gasteiger partial charge in [-0.05, 0) is 24.3 Å². The molecule has 0 heterocycles. The molecule has 1 rings (SSSR count). The van der Waals surface area contributed by atoms with Crippen LogP contribution < -0.4 is 5.32 Å². The van der Waals surface area contributed by atoms with Gasteiger partial charge in [0.15, 0.2) is 5.78 Å². The number of halogens is 3. The number of nitrogens with one attached hydrogen (secondary N) is 1. The van der Waals surface area contributed by atoms with Crippen LogP contribution in [0.3, 0.4) is 0 Å². The Bertz CT molecular complexity index is 425. The average Bonchev–Trinajstić information content (AvgIpc) is 2.25. The van der Waals surface area contributed by atoms with Crippen molar-refractivity contribution in [2.45, 2.75) is 6.18 Å². The number of amides is 1. The minimum atomic E-state index is -5.00. The number of ketones is 1. The van der Waals surface area contributed by atoms with Crippen molar-refractivity contribution in [2.75, 3.05) is 6.54 Å². The van der Waals surface area contributed by atoms with Crippen molar-refractivity contribution in [3.63, 3.8) is 0 Å². The number of hydrogen-bond acceptors (Lipinski definition) is 3. The molecule has 0 saturated carbocycles. The molecule has 4 nitrogen and oxygen atoms in total. The van der Waals surface area contributed by atoms with Crippen LogP contribution in [0, 0.1) is 0 Å². The Hall–Kier alpha value is -2.05. The molecule has 1 aromatic carbocycles. The maximum atomic E-state index is 11.8. The second-order valence-corrected chi connectivity index (χ2v) is 3.15. The lowest BCUT2D eigenvalue weighted by molar-refractivity contribution is -0.173. The first-order valence-corrected chi connectivity index (χ1v) is 4.48. The SMILES string of the molecule is O=C(CNC(=O)C(F)(F)F)c1ccc(O)cc1. The zero-order chi connectivity index (χ0) is 13.1. The molecule has 2 N–H and O–H groups in total. The number of carbonyl (C=O) groups is 2. The van der Waals surface area contributed by atoms with E-state index in [1.807, 2.05) is 0 Å². The quantitative estimate of drug-likeness (QED) is 0.790. The first-order chi connectivity index (χ1) is 7.80. The van der Waals surface area contributed by atoms with E-state index in [9.17, 15) is 22.8 Å². The summed E-state index contributed by atoms with van der Waals surface area (Å²) in [5.74, 6) is -2.91. The summed E-state index contributed by atoms with van der Waals surface area (Å²) >= 11 is 0. The van der Waals surface area contributed by atoms with Gasteiger partial charge in [0.05, 0.1) is 6.54 Å². The van der Waals surface area contributed by atoms with Gasteiger partial charge in [0.1, 0.15) is 5.75 Å². The van der Waals surface area contributed by atoms with Gasteiger partial charge in [0.25, 0.3) is 0 Å². The maximum absolute atomic E-state index is 11.8. The van der Waals surface area contributed by atoms with Crippen LogP contribution in [0.1, 0.15) is 10.4 Å². The molecule has 92 valence electrons. The van der Waals surface area contributed by atoms with E-state index in [-0.39, 0.29) is 11.3 Å². The third-order valence-corrected chi connectivity index (χ3v) is 1.86. The van der Waals surface area contributed by atoms with E-state index in [4.69, 9.17) is 5.11 Å². The van der Waals surface area contributed by atoms with Crippen LogP contribution in [0.5, 0.6) is 5.75 Å². The summed E-state index contributed by atoms with van der Waals surface area (Å²) < 4.78 is 35.4. The van der Waals surface area contributed by atoms with Crippen molar-refractivity contribution < 1.29 is 27.9 Å². The van der Waals surface area contributed by atoms with E-state index in [2.05, 4.69) is 0 Å². The maximum Gasteiger partial charge on any atom is 0.471 e. The molecule has 0 saturated heterocycles. The molecule has 0 atom stereocenters. The van der Waals surface area contributed by atoms with E-state index in [1.54, 1.807) is 0 Å². The molecule has 1 amide bonds. The van der Waals surface area contributed by atoms with Gasteiger partial charge >= 0.3 is 12.1 Å².